The zero-order chi connectivity index (χ0) is 12.1. The van der Waals surface area contributed by atoms with Gasteiger partial charge in [0, 0.05) is 45.2 Å². The molecule has 0 bridgehead atoms. The van der Waals surface area contributed by atoms with Crippen molar-refractivity contribution >= 4 is 5.91 Å². The van der Waals surface area contributed by atoms with Gasteiger partial charge in [0.05, 0.1) is 12.6 Å². The van der Waals surface area contributed by atoms with Gasteiger partial charge in [-0.3, -0.25) is 9.69 Å². The summed E-state index contributed by atoms with van der Waals surface area (Å²) < 4.78 is 0. The maximum atomic E-state index is 11.8. The summed E-state index contributed by atoms with van der Waals surface area (Å²) in [6.45, 7) is 4.72. The predicted octanol–water partition coefficient (Wildman–Crippen LogP) is -0.204. The normalized spacial score (nSPS) is 21.2. The molecule has 0 atom stereocenters. The Labute approximate surface area is 102 Å². The van der Waals surface area contributed by atoms with E-state index in [9.17, 15) is 4.79 Å². The van der Waals surface area contributed by atoms with Crippen molar-refractivity contribution in [3.8, 4) is 6.07 Å². The summed E-state index contributed by atoms with van der Waals surface area (Å²) in [5, 5.41) is 11.8. The fraction of sp³-hybridized carbons (Fsp3) is 0.833. The van der Waals surface area contributed by atoms with Crippen LogP contribution in [0.4, 0.5) is 0 Å². The first-order chi connectivity index (χ1) is 8.29. The fourth-order valence-corrected chi connectivity index (χ4v) is 2.06. The average molecular weight is 236 g/mol. The van der Waals surface area contributed by atoms with Gasteiger partial charge in [-0.1, -0.05) is 0 Å². The van der Waals surface area contributed by atoms with Crippen LogP contribution in [0.5, 0.6) is 0 Å². The van der Waals surface area contributed by atoms with Gasteiger partial charge in [-0.2, -0.15) is 5.26 Å². The lowest BCUT2D eigenvalue weighted by atomic mass is 10.3. The number of nitrogens with zero attached hydrogens (tertiary/aromatic N) is 3. The minimum atomic E-state index is 0.219. The molecule has 94 valence electrons. The molecule has 1 saturated carbocycles. The highest BCUT2D eigenvalue weighted by Gasteiger charge is 2.24. The molecule has 0 aromatic heterocycles. The number of hydrogen-bond acceptors (Lipinski definition) is 4. The number of amides is 1. The van der Waals surface area contributed by atoms with Crippen LogP contribution in [-0.4, -0.2) is 61.0 Å². The molecule has 0 unspecified atom stereocenters. The number of rotatable bonds is 5. The van der Waals surface area contributed by atoms with E-state index >= 15 is 0 Å². The largest absolute Gasteiger partial charge is 0.339 e. The number of hydrogen-bond donors (Lipinski definition) is 1. The molecule has 2 fully saturated rings. The van der Waals surface area contributed by atoms with Gasteiger partial charge in [0.1, 0.15) is 0 Å². The number of nitrogens with one attached hydrogen (secondary N) is 1. The van der Waals surface area contributed by atoms with Crippen molar-refractivity contribution in [1.29, 1.82) is 5.26 Å². The average Bonchev–Trinajstić information content (AvgIpc) is 3.18. The van der Waals surface area contributed by atoms with E-state index in [1.807, 2.05) is 4.90 Å². The molecule has 2 aliphatic rings. The molecule has 1 N–H and O–H groups in total. The zero-order valence-electron chi connectivity index (χ0n) is 10.2. The van der Waals surface area contributed by atoms with Crippen LogP contribution >= 0.6 is 0 Å². The first-order valence-corrected chi connectivity index (χ1v) is 6.40. The Hall–Kier alpha value is -1.12. The molecule has 1 heterocycles. The quantitative estimate of drug-likeness (QED) is 0.718. The Morgan fingerprint density at radius 2 is 2.00 bits per heavy atom. The number of carbonyl (C=O) groups excluding carboxylic acids is 1. The highest BCUT2D eigenvalue weighted by Crippen LogP contribution is 2.18. The van der Waals surface area contributed by atoms with Crippen molar-refractivity contribution in [3.05, 3.63) is 0 Å². The SMILES string of the molecule is N#CCCN1CCN(C(=O)CNC2CC2)CC1. The maximum absolute atomic E-state index is 11.8. The minimum absolute atomic E-state index is 0.219. The Kier molecular flexibility index (Phi) is 4.35. The molecule has 0 aromatic rings. The molecule has 0 aromatic carbocycles. The molecular formula is C12H20N4O. The second kappa shape index (κ2) is 5.99. The van der Waals surface area contributed by atoms with E-state index in [0.29, 0.717) is 19.0 Å². The lowest BCUT2D eigenvalue weighted by Gasteiger charge is -2.34. The highest BCUT2D eigenvalue weighted by molar-refractivity contribution is 5.78. The number of carbonyl (C=O) groups is 1. The van der Waals surface area contributed by atoms with Crippen LogP contribution < -0.4 is 5.32 Å². The Bertz CT molecular complexity index is 300. The molecule has 5 nitrogen and oxygen atoms in total. The molecule has 2 rings (SSSR count). The molecule has 1 aliphatic heterocycles. The van der Waals surface area contributed by atoms with Crippen LogP contribution in [0.25, 0.3) is 0 Å². The molecule has 1 aliphatic carbocycles. The van der Waals surface area contributed by atoms with Crippen LogP contribution in [0.2, 0.25) is 0 Å². The third-order valence-electron chi connectivity index (χ3n) is 3.38. The first-order valence-electron chi connectivity index (χ1n) is 6.40. The first kappa shape index (κ1) is 12.3. The molecule has 5 heteroatoms. The zero-order valence-corrected chi connectivity index (χ0v) is 10.2. The van der Waals surface area contributed by atoms with Crippen LogP contribution in [0.3, 0.4) is 0 Å². The summed E-state index contributed by atoms with van der Waals surface area (Å²) in [7, 11) is 0. The van der Waals surface area contributed by atoms with Crippen molar-refractivity contribution in [1.82, 2.24) is 15.1 Å². The van der Waals surface area contributed by atoms with Gasteiger partial charge >= 0.3 is 0 Å². The van der Waals surface area contributed by atoms with E-state index in [-0.39, 0.29) is 5.91 Å². The van der Waals surface area contributed by atoms with Gasteiger partial charge < -0.3 is 10.2 Å². The van der Waals surface area contributed by atoms with Crippen molar-refractivity contribution in [3.63, 3.8) is 0 Å². The molecule has 1 amide bonds. The Balaban J connectivity index is 1.63. The van der Waals surface area contributed by atoms with Crippen LogP contribution in [0.1, 0.15) is 19.3 Å². The van der Waals surface area contributed by atoms with Crippen molar-refractivity contribution in [2.45, 2.75) is 25.3 Å². The third-order valence-corrected chi connectivity index (χ3v) is 3.38. The summed E-state index contributed by atoms with van der Waals surface area (Å²) >= 11 is 0. The molecule has 1 saturated heterocycles. The molecule has 0 spiro atoms. The lowest BCUT2D eigenvalue weighted by molar-refractivity contribution is -0.132. The number of nitriles is 1. The smallest absolute Gasteiger partial charge is 0.236 e. The van der Waals surface area contributed by atoms with Crippen molar-refractivity contribution in [2.75, 3.05) is 39.3 Å². The van der Waals surface area contributed by atoms with Gasteiger partial charge in [0.15, 0.2) is 0 Å². The van der Waals surface area contributed by atoms with E-state index in [1.54, 1.807) is 0 Å². The monoisotopic (exact) mass is 236 g/mol. The fourth-order valence-electron chi connectivity index (χ4n) is 2.06. The number of piperazine rings is 1. The van der Waals surface area contributed by atoms with Gasteiger partial charge in [-0.25, -0.2) is 0 Å². The van der Waals surface area contributed by atoms with Crippen LogP contribution in [0, 0.1) is 11.3 Å². The maximum Gasteiger partial charge on any atom is 0.236 e. The Morgan fingerprint density at radius 1 is 1.29 bits per heavy atom. The lowest BCUT2D eigenvalue weighted by Crippen LogP contribution is -2.51. The van der Waals surface area contributed by atoms with Crippen molar-refractivity contribution in [2.24, 2.45) is 0 Å². The van der Waals surface area contributed by atoms with Crippen LogP contribution in [-0.2, 0) is 4.79 Å². The van der Waals surface area contributed by atoms with E-state index in [1.165, 1.54) is 12.8 Å². The minimum Gasteiger partial charge on any atom is -0.339 e. The summed E-state index contributed by atoms with van der Waals surface area (Å²) in [6.07, 6.45) is 3.02. The Morgan fingerprint density at radius 3 is 2.59 bits per heavy atom. The van der Waals surface area contributed by atoms with Gasteiger partial charge in [0.2, 0.25) is 5.91 Å². The van der Waals surface area contributed by atoms with E-state index < -0.39 is 0 Å². The van der Waals surface area contributed by atoms with E-state index in [2.05, 4.69) is 16.3 Å². The molecular weight excluding hydrogens is 216 g/mol. The van der Waals surface area contributed by atoms with E-state index in [4.69, 9.17) is 5.26 Å². The van der Waals surface area contributed by atoms with Gasteiger partial charge in [0.25, 0.3) is 0 Å². The summed E-state index contributed by atoms with van der Waals surface area (Å²) in [5.41, 5.74) is 0. The molecule has 17 heavy (non-hydrogen) atoms. The third kappa shape index (κ3) is 3.99. The van der Waals surface area contributed by atoms with E-state index in [0.717, 1.165) is 32.7 Å². The van der Waals surface area contributed by atoms with Crippen LogP contribution in [0.15, 0.2) is 0 Å². The topological polar surface area (TPSA) is 59.4 Å². The summed E-state index contributed by atoms with van der Waals surface area (Å²) in [6, 6.07) is 2.75. The summed E-state index contributed by atoms with van der Waals surface area (Å²) in [5.74, 6) is 0.219. The molecule has 0 radical (unpaired) electrons. The van der Waals surface area contributed by atoms with Crippen molar-refractivity contribution < 1.29 is 4.79 Å². The standard InChI is InChI=1S/C12H20N4O/c13-4-1-5-15-6-8-16(9-7-15)12(17)10-14-11-2-3-11/h11,14H,1-3,5-10H2. The summed E-state index contributed by atoms with van der Waals surface area (Å²) in [4.78, 5) is 16.0. The second-order valence-electron chi connectivity index (χ2n) is 4.79. The second-order valence-corrected chi connectivity index (χ2v) is 4.79. The van der Waals surface area contributed by atoms with Gasteiger partial charge in [-0.15, -0.1) is 0 Å². The van der Waals surface area contributed by atoms with Gasteiger partial charge in [-0.05, 0) is 12.8 Å². The highest BCUT2D eigenvalue weighted by atomic mass is 16.2. The predicted molar refractivity (Wildman–Crippen MR) is 64.3 cm³/mol.